The van der Waals surface area contributed by atoms with Crippen molar-refractivity contribution in [3.05, 3.63) is 68.0 Å². The van der Waals surface area contributed by atoms with Crippen LogP contribution in [0.15, 0.2) is 39.5 Å². The second-order valence-corrected chi connectivity index (χ2v) is 9.40. The van der Waals surface area contributed by atoms with Crippen molar-refractivity contribution in [1.29, 1.82) is 0 Å². The van der Waals surface area contributed by atoms with Crippen LogP contribution < -0.4 is 14.9 Å². The van der Waals surface area contributed by atoms with E-state index in [9.17, 15) is 9.59 Å². The second kappa shape index (κ2) is 10.7. The summed E-state index contributed by atoms with van der Waals surface area (Å²) in [6.07, 6.45) is 4.90. The molecule has 0 saturated heterocycles. The molecule has 0 saturated carbocycles. The van der Waals surface area contributed by atoms with Crippen LogP contribution in [0, 0.1) is 6.92 Å². The fourth-order valence-corrected chi connectivity index (χ4v) is 4.72. The Hall–Kier alpha value is -2.99. The summed E-state index contributed by atoms with van der Waals surface area (Å²) in [4.78, 5) is 28.9. The number of amides is 1. The lowest BCUT2D eigenvalue weighted by atomic mass is 9.97. The molecular weight excluding hydrogens is 466 g/mol. The number of hydrogen-bond donors (Lipinski definition) is 0. The van der Waals surface area contributed by atoms with Gasteiger partial charge >= 0.3 is 0 Å². The molecule has 0 aliphatic carbocycles. The van der Waals surface area contributed by atoms with Crippen LogP contribution >= 0.6 is 11.6 Å². The molecule has 0 fully saturated rings. The zero-order valence-corrected chi connectivity index (χ0v) is 21.5. The number of benzene rings is 2. The normalized spacial score (nSPS) is 15.1. The van der Waals surface area contributed by atoms with Gasteiger partial charge < -0.3 is 18.8 Å². The Morgan fingerprint density at radius 3 is 2.51 bits per heavy atom. The van der Waals surface area contributed by atoms with E-state index in [0.717, 1.165) is 43.2 Å². The van der Waals surface area contributed by atoms with Crippen molar-refractivity contribution in [2.45, 2.75) is 58.9 Å². The first-order valence-corrected chi connectivity index (χ1v) is 12.7. The van der Waals surface area contributed by atoms with Gasteiger partial charge in [0.2, 0.25) is 5.76 Å². The maximum Gasteiger partial charge on any atom is 0.290 e. The third-order valence-corrected chi connectivity index (χ3v) is 6.92. The van der Waals surface area contributed by atoms with Crippen molar-refractivity contribution in [3.8, 4) is 11.5 Å². The quantitative estimate of drug-likeness (QED) is 0.292. The van der Waals surface area contributed by atoms with Crippen LogP contribution in [0.25, 0.3) is 11.0 Å². The number of unbranched alkanes of at least 4 members (excludes halogenated alkanes) is 3. The van der Waals surface area contributed by atoms with E-state index in [1.807, 2.05) is 25.1 Å². The molecule has 1 unspecified atom stereocenters. The molecule has 2 aromatic carbocycles. The van der Waals surface area contributed by atoms with E-state index in [4.69, 9.17) is 25.5 Å². The number of carbonyl (C=O) groups excluding carboxylic acids is 1. The van der Waals surface area contributed by atoms with Gasteiger partial charge in [0.25, 0.3) is 5.91 Å². The summed E-state index contributed by atoms with van der Waals surface area (Å²) >= 11 is 6.32. The summed E-state index contributed by atoms with van der Waals surface area (Å²) in [7, 11) is 1.59. The van der Waals surface area contributed by atoms with Crippen LogP contribution in [0.4, 0.5) is 0 Å². The molecule has 1 atom stereocenters. The maximum absolute atomic E-state index is 13.7. The molecule has 3 aromatic rings. The molecule has 35 heavy (non-hydrogen) atoms. The smallest absolute Gasteiger partial charge is 0.290 e. The summed E-state index contributed by atoms with van der Waals surface area (Å²) in [5, 5.41) is 0.858. The molecule has 7 heteroatoms. The molecule has 4 rings (SSSR count). The van der Waals surface area contributed by atoms with Gasteiger partial charge in [-0.1, -0.05) is 50.8 Å². The summed E-state index contributed by atoms with van der Waals surface area (Å²) < 4.78 is 17.6. The molecule has 1 aliphatic heterocycles. The van der Waals surface area contributed by atoms with E-state index in [0.29, 0.717) is 46.2 Å². The predicted octanol–water partition coefficient (Wildman–Crippen LogP) is 6.68. The first-order valence-electron chi connectivity index (χ1n) is 12.3. The highest BCUT2D eigenvalue weighted by Crippen LogP contribution is 2.41. The largest absolute Gasteiger partial charge is 0.493 e. The van der Waals surface area contributed by atoms with Gasteiger partial charge in [-0.15, -0.1) is 0 Å². The second-order valence-electron chi connectivity index (χ2n) is 8.99. The molecule has 1 aliphatic rings. The van der Waals surface area contributed by atoms with Crippen LogP contribution in [-0.4, -0.2) is 31.1 Å². The highest BCUT2D eigenvalue weighted by Gasteiger charge is 2.42. The number of carbonyl (C=O) groups is 1. The van der Waals surface area contributed by atoms with Gasteiger partial charge in [0.1, 0.15) is 5.58 Å². The Morgan fingerprint density at radius 2 is 1.80 bits per heavy atom. The summed E-state index contributed by atoms with van der Waals surface area (Å²) in [5.41, 5.74) is 2.03. The molecule has 0 radical (unpaired) electrons. The van der Waals surface area contributed by atoms with E-state index in [-0.39, 0.29) is 17.1 Å². The first-order chi connectivity index (χ1) is 16.9. The molecule has 1 aromatic heterocycles. The lowest BCUT2D eigenvalue weighted by molar-refractivity contribution is 0.0725. The molecule has 2 heterocycles. The van der Waals surface area contributed by atoms with Crippen molar-refractivity contribution >= 4 is 28.5 Å². The summed E-state index contributed by atoms with van der Waals surface area (Å²) in [5.74, 6) is 1.04. The number of aryl methyl sites for hydroxylation is 1. The lowest BCUT2D eigenvalue weighted by Crippen LogP contribution is -2.30. The Kier molecular flexibility index (Phi) is 7.70. The van der Waals surface area contributed by atoms with Gasteiger partial charge in [-0.3, -0.25) is 9.59 Å². The van der Waals surface area contributed by atoms with Gasteiger partial charge in [0.15, 0.2) is 16.9 Å². The van der Waals surface area contributed by atoms with Gasteiger partial charge in [0, 0.05) is 11.6 Å². The Balaban J connectivity index is 1.82. The number of halogens is 1. The average molecular weight is 498 g/mol. The van der Waals surface area contributed by atoms with Crippen LogP contribution in [0.5, 0.6) is 11.5 Å². The summed E-state index contributed by atoms with van der Waals surface area (Å²) in [6.45, 7) is 7.17. The van der Waals surface area contributed by atoms with E-state index < -0.39 is 6.04 Å². The number of ether oxygens (including phenoxy) is 2. The van der Waals surface area contributed by atoms with Crippen molar-refractivity contribution in [3.63, 3.8) is 0 Å². The Bertz CT molecular complexity index is 1300. The maximum atomic E-state index is 13.7. The van der Waals surface area contributed by atoms with Crippen molar-refractivity contribution in [1.82, 2.24) is 4.90 Å². The average Bonchev–Trinajstić information content (AvgIpc) is 3.13. The van der Waals surface area contributed by atoms with Gasteiger partial charge in [-0.25, -0.2) is 0 Å². The van der Waals surface area contributed by atoms with Crippen molar-refractivity contribution in [2.75, 3.05) is 20.3 Å². The minimum absolute atomic E-state index is 0.101. The van der Waals surface area contributed by atoms with E-state index in [1.165, 1.54) is 0 Å². The number of nitrogens with zero attached hydrogens (tertiary/aromatic N) is 1. The van der Waals surface area contributed by atoms with E-state index in [1.54, 1.807) is 24.1 Å². The highest BCUT2D eigenvalue weighted by molar-refractivity contribution is 6.32. The number of hydrogen-bond acceptors (Lipinski definition) is 5. The van der Waals surface area contributed by atoms with Crippen molar-refractivity contribution in [2.24, 2.45) is 0 Å². The topological polar surface area (TPSA) is 69.0 Å². The Labute approximate surface area is 210 Å². The fraction of sp³-hybridized carbons (Fsp3) is 0.429. The third kappa shape index (κ3) is 4.76. The minimum Gasteiger partial charge on any atom is -0.493 e. The highest BCUT2D eigenvalue weighted by atomic mass is 35.5. The van der Waals surface area contributed by atoms with Gasteiger partial charge in [-0.2, -0.15) is 0 Å². The van der Waals surface area contributed by atoms with E-state index in [2.05, 4.69) is 13.8 Å². The predicted molar refractivity (Wildman–Crippen MR) is 138 cm³/mol. The number of rotatable bonds is 10. The van der Waals surface area contributed by atoms with Gasteiger partial charge in [-0.05, 0) is 55.2 Å². The molecule has 0 bridgehead atoms. The molecule has 0 N–H and O–H groups in total. The monoisotopic (exact) mass is 497 g/mol. The molecule has 6 nitrogen and oxygen atoms in total. The third-order valence-electron chi connectivity index (χ3n) is 6.51. The molecule has 0 spiro atoms. The molecule has 1 amide bonds. The molecular formula is C28H32ClNO5. The zero-order chi connectivity index (χ0) is 25.1. The Morgan fingerprint density at radius 1 is 1.03 bits per heavy atom. The number of methoxy groups -OCH3 is 1. The standard InChI is InChI=1S/C28H32ClNO5/c1-5-7-9-13-34-21-11-10-18(15-23(21)33-4)25-24-26(31)19-16-20(29)17(3)14-22(19)35-27(24)28(32)30(25)12-8-6-2/h10-11,14-16,25H,5-9,12-13H2,1-4H3. The van der Waals surface area contributed by atoms with Crippen LogP contribution in [-0.2, 0) is 0 Å². The van der Waals surface area contributed by atoms with Crippen LogP contribution in [0.2, 0.25) is 5.02 Å². The fourth-order valence-electron chi connectivity index (χ4n) is 4.55. The zero-order valence-electron chi connectivity index (χ0n) is 20.8. The lowest BCUT2D eigenvalue weighted by Gasteiger charge is -2.25. The number of fused-ring (bicyclic) bond motifs is 2. The van der Waals surface area contributed by atoms with Crippen molar-refractivity contribution < 1.29 is 18.7 Å². The molecule has 186 valence electrons. The minimum atomic E-state index is -0.576. The SMILES string of the molecule is CCCCCOc1ccc(C2c3c(oc4cc(C)c(Cl)cc4c3=O)C(=O)N2CCCC)cc1OC. The summed E-state index contributed by atoms with van der Waals surface area (Å²) in [6, 6.07) is 8.37. The van der Waals surface area contributed by atoms with Crippen LogP contribution in [0.3, 0.4) is 0 Å². The first kappa shape index (κ1) is 25.1. The van der Waals surface area contributed by atoms with Gasteiger partial charge in [0.05, 0.1) is 30.7 Å². The van der Waals surface area contributed by atoms with E-state index >= 15 is 0 Å². The van der Waals surface area contributed by atoms with Crippen LogP contribution in [0.1, 0.15) is 79.2 Å².